The minimum Gasteiger partial charge on any atom is -0.367 e. The zero-order valence-corrected chi connectivity index (χ0v) is 34.8. The third-order valence-corrected chi connectivity index (χ3v) is 14.2. The molecule has 0 spiro atoms. The summed E-state index contributed by atoms with van der Waals surface area (Å²) in [6, 6.07) is 25.8. The van der Waals surface area contributed by atoms with Crippen LogP contribution < -0.4 is 20.4 Å². The number of aromatic amines is 2. The Balaban J connectivity index is 0.943. The number of hydrogen-bond acceptors (Lipinski definition) is 6. The van der Waals surface area contributed by atoms with Crippen LogP contribution in [0, 0.1) is 29.2 Å². The van der Waals surface area contributed by atoms with Gasteiger partial charge in [-0.15, -0.1) is 0 Å². The second-order valence-electron chi connectivity index (χ2n) is 17.8. The summed E-state index contributed by atoms with van der Waals surface area (Å²) < 4.78 is 84.0. The number of halogens is 5. The molecule has 0 aliphatic carbocycles. The van der Waals surface area contributed by atoms with E-state index in [0.29, 0.717) is 70.0 Å². The number of nitrogens with one attached hydrogen (secondary N) is 4. The topological polar surface area (TPSA) is 87.9 Å². The third kappa shape index (κ3) is 7.04. The predicted molar refractivity (Wildman–Crippen MR) is 235 cm³/mol. The summed E-state index contributed by atoms with van der Waals surface area (Å²) in [4.78, 5) is 19.6. The molecule has 4 fully saturated rings. The molecule has 8 nitrogen and oxygen atoms in total. The molecule has 0 radical (unpaired) electrons. The maximum absolute atomic E-state index is 17.5. The Kier molecular flexibility index (Phi) is 10.2. The zero-order valence-electron chi connectivity index (χ0n) is 34.8. The monoisotopic (exact) mass is 856 g/mol. The van der Waals surface area contributed by atoms with Crippen molar-refractivity contribution in [1.82, 2.24) is 30.6 Å². The Hall–Kier alpha value is -5.79. The number of rotatable bonds is 9. The van der Waals surface area contributed by atoms with Gasteiger partial charge in [0, 0.05) is 48.0 Å². The van der Waals surface area contributed by atoms with Gasteiger partial charge in [0.05, 0.1) is 46.2 Å². The van der Waals surface area contributed by atoms with E-state index in [1.165, 1.54) is 24.3 Å². The summed E-state index contributed by atoms with van der Waals surface area (Å²) in [5.74, 6) is -1.53. The van der Waals surface area contributed by atoms with Crippen LogP contribution in [0.1, 0.15) is 109 Å². The van der Waals surface area contributed by atoms with Crippen molar-refractivity contribution in [2.45, 2.75) is 81.2 Å². The van der Waals surface area contributed by atoms with Crippen LogP contribution in [-0.2, 0) is 5.67 Å². The lowest BCUT2D eigenvalue weighted by molar-refractivity contribution is 0.105. The van der Waals surface area contributed by atoms with Crippen LogP contribution in [0.15, 0.2) is 97.1 Å². The summed E-state index contributed by atoms with van der Waals surface area (Å²) >= 11 is 0. The molecule has 13 heteroatoms. The van der Waals surface area contributed by atoms with E-state index in [0.717, 1.165) is 50.4 Å². The van der Waals surface area contributed by atoms with Gasteiger partial charge >= 0.3 is 0 Å². The molecule has 324 valence electrons. The van der Waals surface area contributed by atoms with Crippen molar-refractivity contribution in [3.05, 3.63) is 154 Å². The molecule has 4 N–H and O–H groups in total. The smallest absolute Gasteiger partial charge is 0.163 e. The highest BCUT2D eigenvalue weighted by molar-refractivity contribution is 5.78. The van der Waals surface area contributed by atoms with Gasteiger partial charge in [0.25, 0.3) is 0 Å². The first-order valence-electron chi connectivity index (χ1n) is 22.4. The van der Waals surface area contributed by atoms with Gasteiger partial charge in [-0.25, -0.2) is 31.9 Å². The summed E-state index contributed by atoms with van der Waals surface area (Å²) in [6.07, 6.45) is 5.37. The second-order valence-corrected chi connectivity index (χ2v) is 17.8. The lowest BCUT2D eigenvalue weighted by atomic mass is 9.73. The molecule has 0 unspecified atom stereocenters. The Morgan fingerprint density at radius 2 is 1.03 bits per heavy atom. The highest BCUT2D eigenvalue weighted by atomic mass is 19.2. The average Bonchev–Trinajstić information content (AvgIpc) is 4.16. The Labute approximate surface area is 362 Å². The lowest BCUT2D eigenvalue weighted by Gasteiger charge is -2.41. The number of anilines is 2. The van der Waals surface area contributed by atoms with E-state index in [4.69, 9.17) is 9.97 Å². The fourth-order valence-electron chi connectivity index (χ4n) is 11.1. The molecular formula is C50H49F5N8. The van der Waals surface area contributed by atoms with Crippen molar-refractivity contribution in [2.75, 3.05) is 36.0 Å². The highest BCUT2D eigenvalue weighted by Gasteiger charge is 2.45. The summed E-state index contributed by atoms with van der Waals surface area (Å²) in [5, 5.41) is 6.87. The van der Waals surface area contributed by atoms with Gasteiger partial charge in [-0.2, -0.15) is 0 Å². The summed E-state index contributed by atoms with van der Waals surface area (Å²) in [5.41, 5.74) is 2.25. The van der Waals surface area contributed by atoms with Crippen LogP contribution in [0.2, 0.25) is 0 Å². The molecule has 0 amide bonds. The van der Waals surface area contributed by atoms with Crippen LogP contribution in [0.5, 0.6) is 0 Å². The lowest BCUT2D eigenvalue weighted by Crippen LogP contribution is -2.42. The van der Waals surface area contributed by atoms with E-state index in [1.807, 2.05) is 36.4 Å². The minimum atomic E-state index is -1.79. The number of fused-ring (bicyclic) bond motifs is 2. The zero-order chi connectivity index (χ0) is 42.8. The van der Waals surface area contributed by atoms with Gasteiger partial charge in [-0.3, -0.25) is 0 Å². The molecule has 11 rings (SSSR count). The van der Waals surface area contributed by atoms with E-state index in [-0.39, 0.29) is 36.5 Å². The molecule has 63 heavy (non-hydrogen) atoms. The van der Waals surface area contributed by atoms with Gasteiger partial charge in [0.2, 0.25) is 0 Å². The molecular weight excluding hydrogens is 808 g/mol. The predicted octanol–water partition coefficient (Wildman–Crippen LogP) is 11.1. The molecule has 4 saturated heterocycles. The quantitative estimate of drug-likeness (QED) is 0.108. The molecule has 4 atom stereocenters. The molecule has 0 bridgehead atoms. The number of hydrogen-bond donors (Lipinski definition) is 4. The number of H-pyrrole nitrogens is 2. The van der Waals surface area contributed by atoms with E-state index < -0.39 is 46.9 Å². The fraction of sp³-hybridized carbons (Fsp3) is 0.360. The normalized spacial score (nSPS) is 22.3. The maximum Gasteiger partial charge on any atom is 0.163 e. The maximum atomic E-state index is 17.5. The van der Waals surface area contributed by atoms with Crippen molar-refractivity contribution in [3.8, 4) is 0 Å². The van der Waals surface area contributed by atoms with Crippen LogP contribution in [0.4, 0.5) is 33.3 Å². The first kappa shape index (κ1) is 40.0. The standard InChI is InChI=1S/C50H49F5N8/c51-35-27-43-41(58-48(60-43)39-13-7-19-56-39)25-33(35)45-15-16-46(34-26-42-44(28-36(34)52)61-49(59-42)40-14-8-20-57-40)63(45)32-23-37(53)47(38(54)24-32)62-21-17-31(18-22-62)50(55,29-9-3-1-4-10-29)30-11-5-2-6-12-30/h1-6,9-12,23-28,31,39-40,45-46,56-57H,7-8,13-22H2,(H,58,60)(H,59,61)/t39-,40-,45+,46+/m0/s1. The van der Waals surface area contributed by atoms with Gasteiger partial charge < -0.3 is 30.4 Å². The largest absolute Gasteiger partial charge is 0.367 e. The average molecular weight is 857 g/mol. The Morgan fingerprint density at radius 3 is 1.48 bits per heavy atom. The third-order valence-electron chi connectivity index (χ3n) is 14.2. The number of piperidine rings is 1. The highest BCUT2D eigenvalue weighted by Crippen LogP contribution is 2.51. The van der Waals surface area contributed by atoms with E-state index in [1.54, 1.807) is 46.2 Å². The van der Waals surface area contributed by atoms with Crippen molar-refractivity contribution in [3.63, 3.8) is 0 Å². The SMILES string of the molecule is Fc1cc2nc([C@@H]3CCCN3)[nH]c2cc1[C@H]1CC[C@H](c2cc3[nH]c([C@@H]4CCCN4)nc3cc2F)N1c1cc(F)c(N2CCC(C(F)(c3ccccc3)c3ccccc3)CC2)c(F)c1. The van der Waals surface area contributed by atoms with Crippen LogP contribution in [0.25, 0.3) is 22.1 Å². The fourth-order valence-corrected chi connectivity index (χ4v) is 11.1. The number of imidazole rings is 2. The molecule has 2 aromatic heterocycles. The van der Waals surface area contributed by atoms with Gasteiger partial charge in [-0.1, -0.05) is 60.7 Å². The van der Waals surface area contributed by atoms with Crippen LogP contribution >= 0.6 is 0 Å². The van der Waals surface area contributed by atoms with Crippen molar-refractivity contribution in [2.24, 2.45) is 5.92 Å². The van der Waals surface area contributed by atoms with Crippen molar-refractivity contribution in [1.29, 1.82) is 0 Å². The number of alkyl halides is 1. The molecule has 6 heterocycles. The Morgan fingerprint density at radius 1 is 0.556 bits per heavy atom. The summed E-state index contributed by atoms with van der Waals surface area (Å²) in [7, 11) is 0. The van der Waals surface area contributed by atoms with Crippen molar-refractivity contribution < 1.29 is 22.0 Å². The molecule has 4 aliphatic rings. The second kappa shape index (κ2) is 16.1. The molecule has 7 aromatic rings. The van der Waals surface area contributed by atoms with E-state index in [2.05, 4.69) is 20.6 Å². The van der Waals surface area contributed by atoms with E-state index in [9.17, 15) is 0 Å². The van der Waals surface area contributed by atoms with Gasteiger partial charge in [0.15, 0.2) is 17.3 Å². The first-order valence-corrected chi connectivity index (χ1v) is 22.4. The molecule has 0 saturated carbocycles. The van der Waals surface area contributed by atoms with Gasteiger partial charge in [-0.05, 0) is 99.8 Å². The Bertz CT molecular complexity index is 2600. The minimum absolute atomic E-state index is 0.0455. The number of nitrogens with zero attached hydrogens (tertiary/aromatic N) is 4. The first-order chi connectivity index (χ1) is 30.7. The van der Waals surface area contributed by atoms with Gasteiger partial charge in [0.1, 0.15) is 29.0 Å². The van der Waals surface area contributed by atoms with E-state index >= 15 is 22.0 Å². The number of benzene rings is 5. The number of aromatic nitrogens is 4. The molecule has 5 aromatic carbocycles. The molecule has 4 aliphatic heterocycles. The van der Waals surface area contributed by atoms with Crippen LogP contribution in [0.3, 0.4) is 0 Å². The van der Waals surface area contributed by atoms with Crippen LogP contribution in [-0.4, -0.2) is 46.1 Å². The van der Waals surface area contributed by atoms with Crippen molar-refractivity contribution >= 4 is 33.4 Å². The summed E-state index contributed by atoms with van der Waals surface area (Å²) in [6.45, 7) is 2.23.